The highest BCUT2D eigenvalue weighted by Crippen LogP contribution is 2.57. The summed E-state index contributed by atoms with van der Waals surface area (Å²) >= 11 is 9.94. The number of rotatable bonds is 1. The minimum Gasteiger partial charge on any atom is -0.444 e. The number of halogens is 2. The van der Waals surface area contributed by atoms with Gasteiger partial charge in [0.1, 0.15) is 5.60 Å². The number of hydrogen-bond acceptors (Lipinski definition) is 3. The maximum absolute atomic E-state index is 12.2. The highest BCUT2D eigenvalue weighted by molar-refractivity contribution is 9.10. The Morgan fingerprint density at radius 3 is 2.67 bits per heavy atom. The van der Waals surface area contributed by atoms with Gasteiger partial charge in [0.2, 0.25) is 0 Å². The van der Waals surface area contributed by atoms with Crippen molar-refractivity contribution in [2.24, 2.45) is 5.92 Å². The molecule has 3 aliphatic rings. The highest BCUT2D eigenvalue weighted by atomic mass is 79.9. The molecule has 0 bridgehead atoms. The van der Waals surface area contributed by atoms with Crippen molar-refractivity contribution < 1.29 is 9.53 Å². The molecule has 2 heterocycles. The van der Waals surface area contributed by atoms with Crippen LogP contribution in [0.15, 0.2) is 16.6 Å². The van der Waals surface area contributed by atoms with Gasteiger partial charge in [0, 0.05) is 29.1 Å². The molecule has 0 spiro atoms. The van der Waals surface area contributed by atoms with Gasteiger partial charge in [0.25, 0.3) is 0 Å². The molecule has 2 aliphatic heterocycles. The molecule has 0 radical (unpaired) electrons. The van der Waals surface area contributed by atoms with Crippen molar-refractivity contribution >= 4 is 39.3 Å². The van der Waals surface area contributed by atoms with Crippen molar-refractivity contribution in [3.8, 4) is 0 Å². The van der Waals surface area contributed by atoms with Crippen LogP contribution in [-0.4, -0.2) is 42.3 Å². The van der Waals surface area contributed by atoms with Crippen LogP contribution in [0.2, 0.25) is 5.02 Å². The van der Waals surface area contributed by atoms with E-state index in [0.717, 1.165) is 35.0 Å². The molecule has 4 nitrogen and oxygen atoms in total. The second kappa shape index (κ2) is 5.53. The fourth-order valence-electron chi connectivity index (χ4n) is 3.81. The van der Waals surface area contributed by atoms with Crippen molar-refractivity contribution in [1.29, 1.82) is 0 Å². The number of hydrogen-bond donors (Lipinski definition) is 0. The molecule has 2 fully saturated rings. The lowest BCUT2D eigenvalue weighted by Gasteiger charge is -2.48. The van der Waals surface area contributed by atoms with Gasteiger partial charge < -0.3 is 14.5 Å². The third kappa shape index (κ3) is 2.90. The summed E-state index contributed by atoms with van der Waals surface area (Å²) in [6.07, 6.45) is 1.04. The van der Waals surface area contributed by atoms with Crippen molar-refractivity contribution in [1.82, 2.24) is 4.90 Å². The predicted molar refractivity (Wildman–Crippen MR) is 98.9 cm³/mol. The van der Waals surface area contributed by atoms with Crippen molar-refractivity contribution in [2.45, 2.75) is 44.8 Å². The van der Waals surface area contributed by atoms with Gasteiger partial charge in [-0.25, -0.2) is 4.79 Å². The molecule has 6 heteroatoms. The summed E-state index contributed by atoms with van der Waals surface area (Å²) < 4.78 is 6.52. The van der Waals surface area contributed by atoms with E-state index in [2.05, 4.69) is 26.9 Å². The van der Waals surface area contributed by atoms with Gasteiger partial charge in [0.05, 0.1) is 11.7 Å². The van der Waals surface area contributed by atoms with E-state index in [-0.39, 0.29) is 6.09 Å². The SMILES string of the molecule is CC(C)(C)OC(=O)N1CC(N2CC3CC3c3cc(Cl)cc(Br)c32)C1. The van der Waals surface area contributed by atoms with Gasteiger partial charge in [-0.3, -0.25) is 0 Å². The Kier molecular flexibility index (Phi) is 3.81. The topological polar surface area (TPSA) is 32.8 Å². The standard InChI is InChI=1S/C18H22BrClN2O2/c1-18(2,3)24-17(23)21-8-12(9-21)22-7-10-4-13(10)14-5-11(20)6-15(19)16(14)22/h5-6,10,12-13H,4,7-9H2,1-3H3. The van der Waals surface area contributed by atoms with E-state index in [1.165, 1.54) is 17.7 Å². The fraction of sp³-hybridized carbons (Fsp3) is 0.611. The van der Waals surface area contributed by atoms with Crippen LogP contribution in [0.1, 0.15) is 38.7 Å². The molecule has 2 unspecified atom stereocenters. The number of carbonyl (C=O) groups excluding carboxylic acids is 1. The molecular weight excluding hydrogens is 392 g/mol. The first-order chi connectivity index (χ1) is 11.2. The Bertz CT molecular complexity index is 697. The Labute approximate surface area is 156 Å². The smallest absolute Gasteiger partial charge is 0.410 e. The van der Waals surface area contributed by atoms with Gasteiger partial charge >= 0.3 is 6.09 Å². The zero-order valence-electron chi connectivity index (χ0n) is 14.2. The number of benzene rings is 1. The normalized spacial score (nSPS) is 25.7. The number of anilines is 1. The summed E-state index contributed by atoms with van der Waals surface area (Å²) in [6, 6.07) is 4.44. The molecule has 2 atom stereocenters. The van der Waals surface area contributed by atoms with Crippen LogP contribution in [0.5, 0.6) is 0 Å². The monoisotopic (exact) mass is 412 g/mol. The van der Waals surface area contributed by atoms with Crippen LogP contribution in [0.3, 0.4) is 0 Å². The van der Waals surface area contributed by atoms with Gasteiger partial charge in [-0.2, -0.15) is 0 Å². The van der Waals surface area contributed by atoms with Gasteiger partial charge in [-0.05, 0) is 72.7 Å². The van der Waals surface area contributed by atoms with E-state index >= 15 is 0 Å². The minimum atomic E-state index is -0.444. The lowest BCUT2D eigenvalue weighted by molar-refractivity contribution is 0.00796. The number of amides is 1. The Morgan fingerprint density at radius 1 is 1.29 bits per heavy atom. The number of carbonyl (C=O) groups is 1. The first kappa shape index (κ1) is 16.5. The molecule has 0 aromatic heterocycles. The number of likely N-dealkylation sites (tertiary alicyclic amines) is 1. The molecule has 1 saturated heterocycles. The Balaban J connectivity index is 1.50. The van der Waals surface area contributed by atoms with Crippen molar-refractivity contribution in [3.63, 3.8) is 0 Å². The first-order valence-electron chi connectivity index (χ1n) is 8.46. The Morgan fingerprint density at radius 2 is 2.00 bits per heavy atom. The first-order valence-corrected chi connectivity index (χ1v) is 9.63. The van der Waals surface area contributed by atoms with Crippen LogP contribution in [0, 0.1) is 5.92 Å². The zero-order chi connectivity index (χ0) is 17.2. The molecule has 1 amide bonds. The van der Waals surface area contributed by atoms with E-state index in [1.807, 2.05) is 26.8 Å². The number of fused-ring (bicyclic) bond motifs is 3. The quantitative estimate of drug-likeness (QED) is 0.672. The zero-order valence-corrected chi connectivity index (χ0v) is 16.5. The van der Waals surface area contributed by atoms with Gasteiger partial charge in [-0.1, -0.05) is 11.6 Å². The van der Waals surface area contributed by atoms with Crippen molar-refractivity contribution in [3.05, 3.63) is 27.2 Å². The second-order valence-corrected chi connectivity index (χ2v) is 9.41. The number of nitrogens with zero attached hydrogens (tertiary/aromatic N) is 2. The average molecular weight is 414 g/mol. The molecule has 4 rings (SSSR count). The summed E-state index contributed by atoms with van der Waals surface area (Å²) in [4.78, 5) is 16.4. The molecular formula is C18H22BrClN2O2. The van der Waals surface area contributed by atoms with Crippen LogP contribution >= 0.6 is 27.5 Å². The van der Waals surface area contributed by atoms with Crippen molar-refractivity contribution in [2.75, 3.05) is 24.5 Å². The molecule has 1 aromatic carbocycles. The van der Waals surface area contributed by atoms with Gasteiger partial charge in [0.15, 0.2) is 0 Å². The molecule has 0 N–H and O–H groups in total. The molecule has 1 aromatic rings. The third-order valence-corrected chi connectivity index (χ3v) is 5.88. The van der Waals surface area contributed by atoms with E-state index in [9.17, 15) is 4.79 Å². The van der Waals surface area contributed by atoms with Crippen LogP contribution < -0.4 is 4.90 Å². The summed E-state index contributed by atoms with van der Waals surface area (Å²) in [6.45, 7) is 8.22. The third-order valence-electron chi connectivity index (χ3n) is 5.05. The van der Waals surface area contributed by atoms with E-state index in [0.29, 0.717) is 12.0 Å². The minimum absolute atomic E-state index is 0.213. The van der Waals surface area contributed by atoms with E-state index in [4.69, 9.17) is 16.3 Å². The highest BCUT2D eigenvalue weighted by Gasteiger charge is 2.49. The van der Waals surface area contributed by atoms with E-state index < -0.39 is 5.60 Å². The lowest BCUT2D eigenvalue weighted by atomic mass is 9.97. The maximum Gasteiger partial charge on any atom is 0.410 e. The summed E-state index contributed by atoms with van der Waals surface area (Å²) in [5.74, 6) is 1.40. The molecule has 24 heavy (non-hydrogen) atoms. The number of ether oxygens (including phenoxy) is 1. The van der Waals surface area contributed by atoms with Crippen LogP contribution in [-0.2, 0) is 4.74 Å². The van der Waals surface area contributed by atoms with Gasteiger partial charge in [-0.15, -0.1) is 0 Å². The lowest BCUT2D eigenvalue weighted by Crippen LogP contribution is -2.62. The summed E-state index contributed by atoms with van der Waals surface area (Å²) in [5.41, 5.74) is 2.19. The van der Waals surface area contributed by atoms with Crippen LogP contribution in [0.4, 0.5) is 10.5 Å². The fourth-order valence-corrected chi connectivity index (χ4v) is 4.87. The predicted octanol–water partition coefficient (Wildman–Crippen LogP) is 4.65. The molecule has 130 valence electrons. The second-order valence-electron chi connectivity index (χ2n) is 8.12. The van der Waals surface area contributed by atoms with Crippen LogP contribution in [0.25, 0.3) is 0 Å². The Hall–Kier alpha value is -0.940. The summed E-state index contributed by atoms with van der Waals surface area (Å²) in [7, 11) is 0. The summed E-state index contributed by atoms with van der Waals surface area (Å²) in [5, 5.41) is 0.789. The van der Waals surface area contributed by atoms with E-state index in [1.54, 1.807) is 4.90 Å². The largest absolute Gasteiger partial charge is 0.444 e. The maximum atomic E-state index is 12.2. The molecule has 1 saturated carbocycles. The average Bonchev–Trinajstić information content (AvgIpc) is 3.13. The molecule has 1 aliphatic carbocycles.